The molecule has 0 bridgehead atoms. The van der Waals surface area contributed by atoms with Gasteiger partial charge in [0, 0.05) is 6.04 Å². The van der Waals surface area contributed by atoms with Crippen molar-refractivity contribution in [2.24, 2.45) is 5.84 Å². The van der Waals surface area contributed by atoms with E-state index in [1.807, 2.05) is 25.1 Å². The van der Waals surface area contributed by atoms with Crippen molar-refractivity contribution >= 4 is 0 Å². The number of hydrazine groups is 1. The molecule has 0 saturated heterocycles. The van der Waals surface area contributed by atoms with E-state index in [0.29, 0.717) is 6.79 Å². The summed E-state index contributed by atoms with van der Waals surface area (Å²) in [5.74, 6) is 6.92. The van der Waals surface area contributed by atoms with Crippen LogP contribution in [0.2, 0.25) is 0 Å². The summed E-state index contributed by atoms with van der Waals surface area (Å²) in [5.41, 5.74) is 3.77. The van der Waals surface area contributed by atoms with Crippen molar-refractivity contribution in [1.82, 2.24) is 5.43 Å². The largest absolute Gasteiger partial charge is 0.454 e. The Balaban J connectivity index is 2.30. The SMILES string of the molecule is C[C@H](NN)c1ccc2c(c1)OCO2. The van der Waals surface area contributed by atoms with Gasteiger partial charge in [0.2, 0.25) is 6.79 Å². The van der Waals surface area contributed by atoms with E-state index < -0.39 is 0 Å². The van der Waals surface area contributed by atoms with Crippen molar-refractivity contribution in [3.63, 3.8) is 0 Å². The van der Waals surface area contributed by atoms with Crippen LogP contribution in [0.4, 0.5) is 0 Å². The minimum Gasteiger partial charge on any atom is -0.454 e. The number of fused-ring (bicyclic) bond motifs is 1. The lowest BCUT2D eigenvalue weighted by molar-refractivity contribution is 0.174. The molecule has 0 fully saturated rings. The molecule has 1 aliphatic rings. The van der Waals surface area contributed by atoms with E-state index >= 15 is 0 Å². The Bertz CT molecular complexity index is 314. The van der Waals surface area contributed by atoms with Crippen molar-refractivity contribution in [1.29, 1.82) is 0 Å². The quantitative estimate of drug-likeness (QED) is 0.525. The first kappa shape index (κ1) is 8.34. The van der Waals surface area contributed by atoms with Gasteiger partial charge in [0.05, 0.1) is 0 Å². The molecule has 4 nitrogen and oxygen atoms in total. The van der Waals surface area contributed by atoms with E-state index in [2.05, 4.69) is 5.43 Å². The molecule has 1 aromatic rings. The van der Waals surface area contributed by atoms with E-state index in [4.69, 9.17) is 15.3 Å². The Hall–Kier alpha value is -1.26. The zero-order valence-electron chi connectivity index (χ0n) is 7.41. The van der Waals surface area contributed by atoms with Gasteiger partial charge in [-0.3, -0.25) is 11.3 Å². The highest BCUT2D eigenvalue weighted by atomic mass is 16.7. The molecule has 3 N–H and O–H groups in total. The van der Waals surface area contributed by atoms with E-state index in [-0.39, 0.29) is 6.04 Å². The molecule has 1 heterocycles. The topological polar surface area (TPSA) is 56.5 Å². The highest BCUT2D eigenvalue weighted by Crippen LogP contribution is 2.33. The third-order valence-corrected chi connectivity index (χ3v) is 2.15. The minimum absolute atomic E-state index is 0.120. The number of rotatable bonds is 2. The standard InChI is InChI=1S/C9H12N2O2/c1-6(11-10)7-2-3-8-9(4-7)13-5-12-8/h2-4,6,11H,5,10H2,1H3/t6-/m0/s1. The van der Waals surface area contributed by atoms with Crippen LogP contribution in [-0.2, 0) is 0 Å². The summed E-state index contributed by atoms with van der Waals surface area (Å²) < 4.78 is 10.4. The maximum absolute atomic E-state index is 5.33. The van der Waals surface area contributed by atoms with Crippen LogP contribution >= 0.6 is 0 Å². The van der Waals surface area contributed by atoms with Crippen LogP contribution in [-0.4, -0.2) is 6.79 Å². The van der Waals surface area contributed by atoms with E-state index in [0.717, 1.165) is 17.1 Å². The summed E-state index contributed by atoms with van der Waals surface area (Å²) >= 11 is 0. The zero-order valence-corrected chi connectivity index (χ0v) is 7.41. The molecule has 0 aromatic heterocycles. The van der Waals surface area contributed by atoms with Crippen molar-refractivity contribution in [2.45, 2.75) is 13.0 Å². The van der Waals surface area contributed by atoms with E-state index in [9.17, 15) is 0 Å². The summed E-state index contributed by atoms with van der Waals surface area (Å²) in [6, 6.07) is 5.92. The monoisotopic (exact) mass is 180 g/mol. The van der Waals surface area contributed by atoms with Gasteiger partial charge in [-0.2, -0.15) is 0 Å². The summed E-state index contributed by atoms with van der Waals surface area (Å²) in [5, 5.41) is 0. The molecule has 0 saturated carbocycles. The predicted molar refractivity (Wildman–Crippen MR) is 48.3 cm³/mol. The Morgan fingerprint density at radius 3 is 2.92 bits per heavy atom. The first-order valence-electron chi connectivity index (χ1n) is 4.17. The van der Waals surface area contributed by atoms with Crippen molar-refractivity contribution in [3.05, 3.63) is 23.8 Å². The van der Waals surface area contributed by atoms with Crippen LogP contribution in [0.1, 0.15) is 18.5 Å². The number of hydrogen-bond acceptors (Lipinski definition) is 4. The smallest absolute Gasteiger partial charge is 0.231 e. The average molecular weight is 180 g/mol. The number of ether oxygens (including phenoxy) is 2. The van der Waals surface area contributed by atoms with Gasteiger partial charge in [-0.05, 0) is 24.6 Å². The first-order chi connectivity index (χ1) is 6.31. The van der Waals surface area contributed by atoms with Crippen LogP contribution in [0.15, 0.2) is 18.2 Å². The lowest BCUT2D eigenvalue weighted by atomic mass is 10.1. The number of nitrogens with one attached hydrogen (secondary N) is 1. The van der Waals surface area contributed by atoms with Crippen LogP contribution in [0.5, 0.6) is 11.5 Å². The minimum atomic E-state index is 0.120. The molecule has 13 heavy (non-hydrogen) atoms. The molecule has 1 aromatic carbocycles. The van der Waals surface area contributed by atoms with Crippen molar-refractivity contribution < 1.29 is 9.47 Å². The predicted octanol–water partition coefficient (Wildman–Crippen LogP) is 0.940. The van der Waals surface area contributed by atoms with Gasteiger partial charge in [0.1, 0.15) is 0 Å². The number of nitrogens with two attached hydrogens (primary N) is 1. The van der Waals surface area contributed by atoms with Crippen LogP contribution in [0, 0.1) is 0 Å². The second kappa shape index (κ2) is 3.24. The molecule has 0 spiro atoms. The van der Waals surface area contributed by atoms with Gasteiger partial charge >= 0.3 is 0 Å². The molecule has 2 rings (SSSR count). The average Bonchev–Trinajstić information content (AvgIpc) is 2.63. The third kappa shape index (κ3) is 1.46. The lowest BCUT2D eigenvalue weighted by Gasteiger charge is -2.10. The van der Waals surface area contributed by atoms with Crippen molar-refractivity contribution in [3.8, 4) is 11.5 Å². The molecule has 0 unspecified atom stereocenters. The maximum Gasteiger partial charge on any atom is 0.231 e. The molecule has 0 aliphatic carbocycles. The normalized spacial score (nSPS) is 15.8. The van der Waals surface area contributed by atoms with Crippen LogP contribution in [0.25, 0.3) is 0 Å². The molecule has 1 aliphatic heterocycles. The molecule has 70 valence electrons. The Labute approximate surface area is 76.6 Å². The van der Waals surface area contributed by atoms with E-state index in [1.165, 1.54) is 0 Å². The van der Waals surface area contributed by atoms with Gasteiger partial charge in [-0.25, -0.2) is 0 Å². The highest BCUT2D eigenvalue weighted by molar-refractivity contribution is 5.45. The van der Waals surface area contributed by atoms with Gasteiger partial charge < -0.3 is 9.47 Å². The summed E-state index contributed by atoms with van der Waals surface area (Å²) in [4.78, 5) is 0. The van der Waals surface area contributed by atoms with Gasteiger partial charge in [-0.15, -0.1) is 0 Å². The second-order valence-electron chi connectivity index (χ2n) is 3.00. The Kier molecular flexibility index (Phi) is 2.08. The Morgan fingerprint density at radius 2 is 2.15 bits per heavy atom. The van der Waals surface area contributed by atoms with Gasteiger partial charge in [0.25, 0.3) is 0 Å². The summed E-state index contributed by atoms with van der Waals surface area (Å²) in [6.07, 6.45) is 0. The number of hydrogen-bond donors (Lipinski definition) is 2. The summed E-state index contributed by atoms with van der Waals surface area (Å²) in [6.45, 7) is 2.29. The van der Waals surface area contributed by atoms with Gasteiger partial charge in [0.15, 0.2) is 11.5 Å². The van der Waals surface area contributed by atoms with Gasteiger partial charge in [-0.1, -0.05) is 6.07 Å². The summed E-state index contributed by atoms with van der Waals surface area (Å²) in [7, 11) is 0. The third-order valence-electron chi connectivity index (χ3n) is 2.15. The first-order valence-corrected chi connectivity index (χ1v) is 4.17. The highest BCUT2D eigenvalue weighted by Gasteiger charge is 2.14. The van der Waals surface area contributed by atoms with Crippen LogP contribution < -0.4 is 20.7 Å². The maximum atomic E-state index is 5.33. The van der Waals surface area contributed by atoms with Crippen LogP contribution in [0.3, 0.4) is 0 Å². The molecule has 1 atom stereocenters. The zero-order chi connectivity index (χ0) is 9.26. The van der Waals surface area contributed by atoms with E-state index in [1.54, 1.807) is 0 Å². The fourth-order valence-electron chi connectivity index (χ4n) is 1.28. The van der Waals surface area contributed by atoms with Crippen molar-refractivity contribution in [2.75, 3.05) is 6.79 Å². The molecular formula is C9H12N2O2. The molecule has 0 amide bonds. The Morgan fingerprint density at radius 1 is 1.38 bits per heavy atom. The molecular weight excluding hydrogens is 168 g/mol. The number of benzene rings is 1. The fourth-order valence-corrected chi connectivity index (χ4v) is 1.28. The molecule has 4 heteroatoms. The lowest BCUT2D eigenvalue weighted by Crippen LogP contribution is -2.25. The second-order valence-corrected chi connectivity index (χ2v) is 3.00. The fraction of sp³-hybridized carbons (Fsp3) is 0.333. The molecule has 0 radical (unpaired) electrons.